The molecular formula is C9H10FN2O. The third-order valence-electron chi connectivity index (χ3n) is 1.42. The lowest BCUT2D eigenvalue weighted by Gasteiger charge is -2.04. The molecule has 1 heterocycles. The van der Waals surface area contributed by atoms with E-state index in [4.69, 9.17) is 11.2 Å². The summed E-state index contributed by atoms with van der Waals surface area (Å²) in [6.45, 7) is 2.60. The molecule has 0 bridgehead atoms. The van der Waals surface area contributed by atoms with Crippen molar-refractivity contribution in [1.82, 2.24) is 9.78 Å². The van der Waals surface area contributed by atoms with Gasteiger partial charge in [-0.3, -0.25) is 0 Å². The summed E-state index contributed by atoms with van der Waals surface area (Å²) in [7, 11) is 0. The quantitative estimate of drug-likeness (QED) is 0.653. The summed E-state index contributed by atoms with van der Waals surface area (Å²) in [4.78, 5) is 0. The number of hydrogen-bond donors (Lipinski definition) is 0. The average Bonchev–Trinajstić information content (AvgIpc) is 2.45. The predicted molar refractivity (Wildman–Crippen MR) is 45.6 cm³/mol. The number of aromatic nitrogens is 2. The second-order valence-electron chi connectivity index (χ2n) is 2.45. The van der Waals surface area contributed by atoms with Crippen molar-refractivity contribution in [2.75, 3.05) is 6.61 Å². The first kappa shape index (κ1) is 9.59. The van der Waals surface area contributed by atoms with E-state index in [1.165, 1.54) is 4.68 Å². The summed E-state index contributed by atoms with van der Waals surface area (Å²) in [5.41, 5.74) is 0. The molecule has 1 rings (SSSR count). The highest BCUT2D eigenvalue weighted by molar-refractivity contribution is 5.11. The van der Waals surface area contributed by atoms with E-state index in [1.54, 1.807) is 0 Å². The minimum atomic E-state index is -0.594. The van der Waals surface area contributed by atoms with E-state index in [9.17, 15) is 4.39 Å². The highest BCUT2D eigenvalue weighted by Gasteiger charge is 2.11. The maximum absolute atomic E-state index is 12.9. The van der Waals surface area contributed by atoms with E-state index in [0.29, 0.717) is 6.54 Å². The molecule has 0 saturated carbocycles. The number of halogens is 1. The fraction of sp³-hybridized carbons (Fsp3) is 0.444. The molecule has 0 aliphatic rings. The molecule has 1 aromatic rings. The number of ether oxygens (including phenoxy) is 1. The molecular weight excluding hydrogens is 171 g/mol. The Morgan fingerprint density at radius 2 is 2.54 bits per heavy atom. The first-order valence-electron chi connectivity index (χ1n) is 3.99. The number of nitrogens with zero attached hydrogens (tertiary/aromatic N) is 2. The smallest absolute Gasteiger partial charge is 0.250 e. The van der Waals surface area contributed by atoms with Crippen molar-refractivity contribution in [2.45, 2.75) is 19.9 Å². The topological polar surface area (TPSA) is 27.1 Å². The van der Waals surface area contributed by atoms with Crippen LogP contribution in [0.4, 0.5) is 4.39 Å². The average molecular weight is 181 g/mol. The van der Waals surface area contributed by atoms with Gasteiger partial charge in [-0.15, -0.1) is 6.42 Å². The van der Waals surface area contributed by atoms with Gasteiger partial charge < -0.3 is 4.74 Å². The van der Waals surface area contributed by atoms with Gasteiger partial charge in [0, 0.05) is 6.54 Å². The third kappa shape index (κ3) is 2.22. The van der Waals surface area contributed by atoms with Crippen LogP contribution in [-0.4, -0.2) is 16.4 Å². The van der Waals surface area contributed by atoms with Crippen molar-refractivity contribution >= 4 is 0 Å². The van der Waals surface area contributed by atoms with E-state index in [1.807, 2.05) is 6.92 Å². The Bertz CT molecular complexity index is 314. The minimum absolute atomic E-state index is 0.0418. The van der Waals surface area contributed by atoms with Crippen LogP contribution in [0.5, 0.6) is 5.88 Å². The molecule has 0 atom stereocenters. The lowest BCUT2D eigenvalue weighted by atomic mass is 10.5. The van der Waals surface area contributed by atoms with Gasteiger partial charge in [0.25, 0.3) is 5.88 Å². The van der Waals surface area contributed by atoms with Crippen LogP contribution in [-0.2, 0) is 6.54 Å². The highest BCUT2D eigenvalue weighted by Crippen LogP contribution is 2.15. The summed E-state index contributed by atoms with van der Waals surface area (Å²) in [5, 5.41) is 3.68. The minimum Gasteiger partial charge on any atom is -0.463 e. The zero-order valence-electron chi connectivity index (χ0n) is 7.38. The largest absolute Gasteiger partial charge is 0.463 e. The maximum Gasteiger partial charge on any atom is 0.250 e. The Morgan fingerprint density at radius 3 is 3.15 bits per heavy atom. The van der Waals surface area contributed by atoms with Crippen molar-refractivity contribution in [3.05, 3.63) is 12.0 Å². The van der Waals surface area contributed by atoms with Crippen molar-refractivity contribution in [2.24, 2.45) is 0 Å². The SMILES string of the molecule is C#CCOc1c(F)[c]nn1CCC. The van der Waals surface area contributed by atoms with Gasteiger partial charge in [-0.1, -0.05) is 12.8 Å². The van der Waals surface area contributed by atoms with Crippen LogP contribution >= 0.6 is 0 Å². The van der Waals surface area contributed by atoms with E-state index >= 15 is 0 Å². The standard InChI is InChI=1S/C9H10FN2O/c1-3-5-12-9(13-6-4-2)8(10)7-11-12/h2H,3,5-6H2,1H3. The Labute approximate surface area is 76.5 Å². The fourth-order valence-electron chi connectivity index (χ4n) is 0.922. The second-order valence-corrected chi connectivity index (χ2v) is 2.45. The van der Waals surface area contributed by atoms with Crippen molar-refractivity contribution in [3.8, 4) is 18.2 Å². The van der Waals surface area contributed by atoms with Crippen molar-refractivity contribution in [3.63, 3.8) is 0 Å². The van der Waals surface area contributed by atoms with E-state index < -0.39 is 5.82 Å². The molecule has 4 heteroatoms. The summed E-state index contributed by atoms with van der Waals surface area (Å²) >= 11 is 0. The second kappa shape index (κ2) is 4.51. The van der Waals surface area contributed by atoms with E-state index in [0.717, 1.165) is 6.42 Å². The van der Waals surface area contributed by atoms with Crippen LogP contribution in [0.1, 0.15) is 13.3 Å². The lowest BCUT2D eigenvalue weighted by molar-refractivity contribution is 0.308. The number of rotatable bonds is 4. The van der Waals surface area contributed by atoms with Gasteiger partial charge in [0.2, 0.25) is 5.82 Å². The normalized spacial score (nSPS) is 9.62. The predicted octanol–water partition coefficient (Wildman–Crippen LogP) is 1.24. The van der Waals surface area contributed by atoms with Gasteiger partial charge >= 0.3 is 0 Å². The van der Waals surface area contributed by atoms with Gasteiger partial charge in [0.1, 0.15) is 0 Å². The molecule has 0 aliphatic heterocycles. The molecule has 0 spiro atoms. The molecule has 0 unspecified atom stereocenters. The van der Waals surface area contributed by atoms with Crippen molar-refractivity contribution in [1.29, 1.82) is 0 Å². The zero-order valence-corrected chi connectivity index (χ0v) is 7.38. The molecule has 0 amide bonds. The summed E-state index contributed by atoms with van der Waals surface area (Å²) < 4.78 is 19.3. The first-order chi connectivity index (χ1) is 6.29. The molecule has 69 valence electrons. The number of hydrogen-bond acceptors (Lipinski definition) is 2. The molecule has 0 saturated heterocycles. The third-order valence-corrected chi connectivity index (χ3v) is 1.42. The van der Waals surface area contributed by atoms with Crippen LogP contribution in [0.25, 0.3) is 0 Å². The maximum atomic E-state index is 12.9. The molecule has 3 nitrogen and oxygen atoms in total. The van der Waals surface area contributed by atoms with Gasteiger partial charge in [-0.2, -0.15) is 9.49 Å². The lowest BCUT2D eigenvalue weighted by Crippen LogP contribution is -2.05. The molecule has 1 aromatic heterocycles. The monoisotopic (exact) mass is 181 g/mol. The summed E-state index contributed by atoms with van der Waals surface area (Å²) in [5.74, 6) is 1.73. The van der Waals surface area contributed by atoms with E-state index in [-0.39, 0.29) is 12.5 Å². The van der Waals surface area contributed by atoms with Gasteiger partial charge in [-0.25, -0.2) is 4.68 Å². The molecule has 1 radical (unpaired) electrons. The molecule has 0 N–H and O–H groups in total. The van der Waals surface area contributed by atoms with Gasteiger partial charge in [0.05, 0.1) is 0 Å². The molecule has 0 aromatic carbocycles. The Kier molecular flexibility index (Phi) is 3.32. The van der Waals surface area contributed by atoms with Crippen molar-refractivity contribution < 1.29 is 9.13 Å². The first-order valence-corrected chi connectivity index (χ1v) is 3.99. The van der Waals surface area contributed by atoms with Crippen LogP contribution < -0.4 is 4.74 Å². The van der Waals surface area contributed by atoms with Crippen LogP contribution in [0.15, 0.2) is 0 Å². The van der Waals surface area contributed by atoms with Gasteiger partial charge in [0.15, 0.2) is 12.8 Å². The van der Waals surface area contributed by atoms with Crippen LogP contribution in [0.2, 0.25) is 0 Å². The molecule has 0 aliphatic carbocycles. The molecule has 0 fully saturated rings. The van der Waals surface area contributed by atoms with Crippen LogP contribution in [0.3, 0.4) is 0 Å². The molecule has 13 heavy (non-hydrogen) atoms. The van der Waals surface area contributed by atoms with Gasteiger partial charge in [-0.05, 0) is 6.42 Å². The van der Waals surface area contributed by atoms with E-state index in [2.05, 4.69) is 17.2 Å². The fourth-order valence-corrected chi connectivity index (χ4v) is 0.922. The Hall–Kier alpha value is -1.50. The Morgan fingerprint density at radius 1 is 1.77 bits per heavy atom. The number of aryl methyl sites for hydroxylation is 1. The summed E-state index contributed by atoms with van der Waals surface area (Å²) in [6, 6.07) is 0. The zero-order chi connectivity index (χ0) is 9.68. The highest BCUT2D eigenvalue weighted by atomic mass is 19.1. The Balaban J connectivity index is 2.76. The summed E-state index contributed by atoms with van der Waals surface area (Å²) in [6.07, 6.45) is 8.01. The van der Waals surface area contributed by atoms with Crippen LogP contribution in [0, 0.1) is 24.4 Å². The number of terminal acetylenes is 1.